The van der Waals surface area contributed by atoms with Gasteiger partial charge in [-0.2, -0.15) is 0 Å². The number of hydrogen-bond donors (Lipinski definition) is 0. The predicted molar refractivity (Wildman–Crippen MR) is 116 cm³/mol. The van der Waals surface area contributed by atoms with Crippen LogP contribution in [-0.2, 0) is 16.1 Å². The Morgan fingerprint density at radius 2 is 1.67 bits per heavy atom. The lowest BCUT2D eigenvalue weighted by Crippen LogP contribution is -2.42. The van der Waals surface area contributed by atoms with Gasteiger partial charge in [0.05, 0.1) is 0 Å². The van der Waals surface area contributed by atoms with Gasteiger partial charge in [-0.25, -0.2) is 0 Å². The maximum absolute atomic E-state index is 12.6. The minimum absolute atomic E-state index is 0.140. The number of benzene rings is 2. The molecule has 2 saturated heterocycles. The van der Waals surface area contributed by atoms with Crippen molar-refractivity contribution in [1.82, 2.24) is 4.90 Å². The van der Waals surface area contributed by atoms with E-state index in [-0.39, 0.29) is 12.0 Å². The topological polar surface area (TPSA) is 48.0 Å². The second-order valence-corrected chi connectivity index (χ2v) is 8.21. The van der Waals surface area contributed by atoms with Crippen LogP contribution in [0.25, 0.3) is 0 Å². The number of carbonyl (C=O) groups excluding carboxylic acids is 1. The van der Waals surface area contributed by atoms with Gasteiger partial charge in [0.2, 0.25) is 5.91 Å². The molecule has 5 heteroatoms. The molecule has 0 aliphatic carbocycles. The molecule has 5 nitrogen and oxygen atoms in total. The number of ether oxygens (including phenoxy) is 3. The Kier molecular flexibility index (Phi) is 7.25. The van der Waals surface area contributed by atoms with Crippen molar-refractivity contribution in [2.45, 2.75) is 44.8 Å². The molecular formula is C25H31NO4. The molecule has 0 spiro atoms. The molecule has 2 aliphatic heterocycles. The molecule has 2 aromatic rings. The van der Waals surface area contributed by atoms with Gasteiger partial charge in [-0.15, -0.1) is 0 Å². The van der Waals surface area contributed by atoms with E-state index in [0.29, 0.717) is 18.9 Å². The molecule has 0 bridgehead atoms. The molecule has 0 unspecified atom stereocenters. The zero-order valence-corrected chi connectivity index (χ0v) is 17.5. The van der Waals surface area contributed by atoms with Crippen molar-refractivity contribution in [2.75, 3.05) is 26.3 Å². The number of hydrogen-bond acceptors (Lipinski definition) is 4. The Hall–Kier alpha value is -2.53. The zero-order chi connectivity index (χ0) is 20.6. The molecule has 4 rings (SSSR count). The lowest BCUT2D eigenvalue weighted by atomic mass is 9.95. The van der Waals surface area contributed by atoms with Crippen molar-refractivity contribution in [3.8, 4) is 11.5 Å². The van der Waals surface area contributed by atoms with Gasteiger partial charge in [0.1, 0.15) is 24.2 Å². The standard InChI is InChI=1S/C25H31NO4/c27-25(17-20-11-15-28-16-12-20)26-13-9-22(10-14-26)30-24-8-4-7-23(18-24)29-19-21-5-2-1-3-6-21/h1-8,18,20,22H,9-17,19H2. The molecule has 0 atom stereocenters. The summed E-state index contributed by atoms with van der Waals surface area (Å²) in [5.74, 6) is 2.41. The van der Waals surface area contributed by atoms with E-state index < -0.39 is 0 Å². The summed E-state index contributed by atoms with van der Waals surface area (Å²) in [6.45, 7) is 3.68. The Balaban J connectivity index is 1.22. The summed E-state index contributed by atoms with van der Waals surface area (Å²) in [6.07, 6.45) is 4.56. The summed E-state index contributed by atoms with van der Waals surface area (Å²) in [5.41, 5.74) is 1.14. The van der Waals surface area contributed by atoms with Crippen LogP contribution >= 0.6 is 0 Å². The van der Waals surface area contributed by atoms with Gasteiger partial charge in [-0.1, -0.05) is 36.4 Å². The summed E-state index contributed by atoms with van der Waals surface area (Å²) >= 11 is 0. The molecule has 0 aromatic heterocycles. The van der Waals surface area contributed by atoms with Gasteiger partial charge in [-0.3, -0.25) is 4.79 Å². The fourth-order valence-corrected chi connectivity index (χ4v) is 4.12. The number of carbonyl (C=O) groups is 1. The van der Waals surface area contributed by atoms with Crippen LogP contribution in [-0.4, -0.2) is 43.2 Å². The van der Waals surface area contributed by atoms with Crippen LogP contribution in [0.1, 0.15) is 37.7 Å². The first kappa shape index (κ1) is 20.7. The number of rotatable bonds is 7. The number of piperidine rings is 1. The average Bonchev–Trinajstić information content (AvgIpc) is 2.80. The molecule has 0 N–H and O–H groups in total. The number of amides is 1. The molecule has 0 radical (unpaired) electrons. The normalized spacial score (nSPS) is 18.2. The van der Waals surface area contributed by atoms with Crippen LogP contribution in [0.4, 0.5) is 0 Å². The van der Waals surface area contributed by atoms with Crippen LogP contribution in [0.3, 0.4) is 0 Å². The van der Waals surface area contributed by atoms with Crippen molar-refractivity contribution in [3.05, 3.63) is 60.2 Å². The largest absolute Gasteiger partial charge is 0.490 e. The highest BCUT2D eigenvalue weighted by Crippen LogP contribution is 2.25. The van der Waals surface area contributed by atoms with Crippen molar-refractivity contribution in [1.29, 1.82) is 0 Å². The quantitative estimate of drug-likeness (QED) is 0.678. The van der Waals surface area contributed by atoms with Crippen LogP contribution in [0, 0.1) is 5.92 Å². The van der Waals surface area contributed by atoms with E-state index in [4.69, 9.17) is 14.2 Å². The molecule has 2 aliphatic rings. The van der Waals surface area contributed by atoms with Crippen LogP contribution in [0.2, 0.25) is 0 Å². The van der Waals surface area contributed by atoms with Crippen molar-refractivity contribution in [2.24, 2.45) is 5.92 Å². The lowest BCUT2D eigenvalue weighted by Gasteiger charge is -2.33. The highest BCUT2D eigenvalue weighted by Gasteiger charge is 2.26. The van der Waals surface area contributed by atoms with Crippen molar-refractivity contribution in [3.63, 3.8) is 0 Å². The third kappa shape index (κ3) is 5.99. The SMILES string of the molecule is O=C(CC1CCOCC1)N1CCC(Oc2cccc(OCc3ccccc3)c2)CC1. The van der Waals surface area contributed by atoms with Crippen LogP contribution in [0.15, 0.2) is 54.6 Å². The monoisotopic (exact) mass is 409 g/mol. The first-order valence-corrected chi connectivity index (χ1v) is 11.1. The van der Waals surface area contributed by atoms with Crippen molar-refractivity contribution < 1.29 is 19.0 Å². The maximum Gasteiger partial charge on any atom is 0.222 e. The smallest absolute Gasteiger partial charge is 0.222 e. The van der Waals surface area contributed by atoms with E-state index in [2.05, 4.69) is 12.1 Å². The van der Waals surface area contributed by atoms with Gasteiger partial charge in [-0.05, 0) is 36.5 Å². The Morgan fingerprint density at radius 3 is 2.43 bits per heavy atom. The minimum atomic E-state index is 0.140. The first-order valence-electron chi connectivity index (χ1n) is 11.1. The summed E-state index contributed by atoms with van der Waals surface area (Å²) in [5, 5.41) is 0. The Labute approximate surface area is 178 Å². The molecule has 160 valence electrons. The maximum atomic E-state index is 12.6. The Morgan fingerprint density at radius 1 is 0.933 bits per heavy atom. The van der Waals surface area contributed by atoms with Gasteiger partial charge >= 0.3 is 0 Å². The van der Waals surface area contributed by atoms with E-state index in [1.165, 1.54) is 0 Å². The molecule has 2 fully saturated rings. The fourth-order valence-electron chi connectivity index (χ4n) is 4.12. The number of likely N-dealkylation sites (tertiary alicyclic amines) is 1. The van der Waals surface area contributed by atoms with E-state index in [9.17, 15) is 4.79 Å². The first-order chi connectivity index (χ1) is 14.8. The van der Waals surface area contributed by atoms with Gasteiger partial charge < -0.3 is 19.1 Å². The molecule has 1 amide bonds. The molecular weight excluding hydrogens is 378 g/mol. The molecule has 0 saturated carbocycles. The zero-order valence-electron chi connectivity index (χ0n) is 17.5. The second kappa shape index (κ2) is 10.5. The van der Waals surface area contributed by atoms with E-state index in [1.807, 2.05) is 47.4 Å². The minimum Gasteiger partial charge on any atom is -0.490 e. The highest BCUT2D eigenvalue weighted by atomic mass is 16.5. The fraction of sp³-hybridized carbons (Fsp3) is 0.480. The van der Waals surface area contributed by atoms with Crippen LogP contribution in [0.5, 0.6) is 11.5 Å². The second-order valence-electron chi connectivity index (χ2n) is 8.21. The van der Waals surface area contributed by atoms with Gasteiger partial charge in [0.25, 0.3) is 0 Å². The van der Waals surface area contributed by atoms with Crippen molar-refractivity contribution >= 4 is 5.91 Å². The summed E-state index contributed by atoms with van der Waals surface area (Å²) < 4.78 is 17.5. The third-order valence-electron chi connectivity index (χ3n) is 5.96. The lowest BCUT2D eigenvalue weighted by molar-refractivity contribution is -0.134. The van der Waals surface area contributed by atoms with Crippen LogP contribution < -0.4 is 9.47 Å². The predicted octanol–water partition coefficient (Wildman–Crippen LogP) is 4.45. The summed E-state index contributed by atoms with van der Waals surface area (Å²) in [4.78, 5) is 14.6. The highest BCUT2D eigenvalue weighted by molar-refractivity contribution is 5.76. The van der Waals surface area contributed by atoms with E-state index in [1.54, 1.807) is 0 Å². The van der Waals surface area contributed by atoms with E-state index >= 15 is 0 Å². The number of nitrogens with zero attached hydrogens (tertiary/aromatic N) is 1. The molecule has 2 heterocycles. The summed E-state index contributed by atoms with van der Waals surface area (Å²) in [6, 6.07) is 18.0. The molecule has 30 heavy (non-hydrogen) atoms. The average molecular weight is 410 g/mol. The van der Waals surface area contributed by atoms with E-state index in [0.717, 1.165) is 69.0 Å². The Bertz CT molecular complexity index is 796. The van der Waals surface area contributed by atoms with Gasteiger partial charge in [0, 0.05) is 51.6 Å². The summed E-state index contributed by atoms with van der Waals surface area (Å²) in [7, 11) is 0. The van der Waals surface area contributed by atoms with Gasteiger partial charge in [0.15, 0.2) is 0 Å². The third-order valence-corrected chi connectivity index (χ3v) is 5.96. The molecule has 2 aromatic carbocycles.